The van der Waals surface area contributed by atoms with E-state index in [1.165, 1.54) is 25.8 Å². The number of likely N-dealkylation sites (tertiary alicyclic amines) is 1. The van der Waals surface area contributed by atoms with Crippen molar-refractivity contribution in [1.29, 1.82) is 5.26 Å². The number of nitriles is 1. The maximum Gasteiger partial charge on any atom is 0.0666 e. The number of rotatable bonds is 4. The third-order valence-electron chi connectivity index (χ3n) is 2.92. The van der Waals surface area contributed by atoms with Gasteiger partial charge in [-0.3, -0.25) is 4.90 Å². The Balaban J connectivity index is 2.42. The molecule has 2 atom stereocenters. The van der Waals surface area contributed by atoms with Crippen LogP contribution in [0.1, 0.15) is 26.2 Å². The molecule has 0 aliphatic carbocycles. The van der Waals surface area contributed by atoms with Crippen LogP contribution in [-0.4, -0.2) is 37.6 Å². The smallest absolute Gasteiger partial charge is 0.0666 e. The fourth-order valence-electron chi connectivity index (χ4n) is 2.16. The maximum atomic E-state index is 8.79. The van der Waals surface area contributed by atoms with Crippen LogP contribution in [0, 0.1) is 17.2 Å². The summed E-state index contributed by atoms with van der Waals surface area (Å²) in [6.45, 7) is 5.16. The van der Waals surface area contributed by atoms with Crippen LogP contribution in [0.3, 0.4) is 0 Å². The van der Waals surface area contributed by atoms with Crippen LogP contribution in [0.4, 0.5) is 0 Å². The summed E-state index contributed by atoms with van der Waals surface area (Å²) < 4.78 is 0. The van der Waals surface area contributed by atoms with Crippen LogP contribution >= 0.6 is 0 Å². The van der Waals surface area contributed by atoms with Gasteiger partial charge >= 0.3 is 0 Å². The van der Waals surface area contributed by atoms with Crippen molar-refractivity contribution in [3.8, 4) is 6.07 Å². The molecule has 0 aromatic carbocycles. The van der Waals surface area contributed by atoms with Gasteiger partial charge in [0.2, 0.25) is 0 Å². The Morgan fingerprint density at radius 3 is 3.00 bits per heavy atom. The fourth-order valence-corrected chi connectivity index (χ4v) is 2.16. The fraction of sp³-hybridized carbons (Fsp3) is 0.909. The Morgan fingerprint density at radius 2 is 2.36 bits per heavy atom. The Bertz CT molecular complexity index is 195. The van der Waals surface area contributed by atoms with E-state index in [4.69, 9.17) is 5.26 Å². The van der Waals surface area contributed by atoms with Gasteiger partial charge in [-0.05, 0) is 33.4 Å². The molecule has 0 aromatic rings. The number of nitrogens with zero attached hydrogens (tertiary/aromatic N) is 2. The summed E-state index contributed by atoms with van der Waals surface area (Å²) in [5, 5.41) is 12.0. The van der Waals surface area contributed by atoms with Crippen LogP contribution < -0.4 is 5.32 Å². The van der Waals surface area contributed by atoms with E-state index in [9.17, 15) is 0 Å². The molecule has 2 unspecified atom stereocenters. The summed E-state index contributed by atoms with van der Waals surface area (Å²) in [6, 6.07) is 2.96. The van der Waals surface area contributed by atoms with E-state index in [-0.39, 0.29) is 5.92 Å². The van der Waals surface area contributed by atoms with E-state index in [1.807, 2.05) is 14.0 Å². The van der Waals surface area contributed by atoms with Gasteiger partial charge in [0.1, 0.15) is 0 Å². The second-order valence-electron chi connectivity index (χ2n) is 4.23. The van der Waals surface area contributed by atoms with Crippen molar-refractivity contribution in [3.63, 3.8) is 0 Å². The van der Waals surface area contributed by atoms with Gasteiger partial charge < -0.3 is 5.32 Å². The lowest BCUT2D eigenvalue weighted by molar-refractivity contribution is 0.137. The number of hydrogen-bond acceptors (Lipinski definition) is 3. The zero-order valence-corrected chi connectivity index (χ0v) is 9.29. The Kier molecular flexibility index (Phi) is 4.92. The van der Waals surface area contributed by atoms with Crippen LogP contribution in [-0.2, 0) is 0 Å². The molecule has 80 valence electrons. The first kappa shape index (κ1) is 11.5. The molecule has 1 aliphatic rings. The lowest BCUT2D eigenvalue weighted by Gasteiger charge is -2.36. The van der Waals surface area contributed by atoms with Gasteiger partial charge in [0.25, 0.3) is 0 Å². The van der Waals surface area contributed by atoms with E-state index in [1.54, 1.807) is 0 Å². The third kappa shape index (κ3) is 3.28. The molecule has 1 heterocycles. The molecule has 0 amide bonds. The van der Waals surface area contributed by atoms with Gasteiger partial charge in [0, 0.05) is 19.1 Å². The van der Waals surface area contributed by atoms with Gasteiger partial charge in [-0.2, -0.15) is 5.26 Å². The van der Waals surface area contributed by atoms with Gasteiger partial charge in [-0.15, -0.1) is 0 Å². The topological polar surface area (TPSA) is 39.1 Å². The van der Waals surface area contributed by atoms with Gasteiger partial charge in [0.05, 0.1) is 12.0 Å². The van der Waals surface area contributed by atoms with E-state index >= 15 is 0 Å². The Morgan fingerprint density at radius 1 is 1.57 bits per heavy atom. The van der Waals surface area contributed by atoms with E-state index < -0.39 is 0 Å². The Labute approximate surface area is 87.1 Å². The van der Waals surface area contributed by atoms with Crippen molar-refractivity contribution in [1.82, 2.24) is 10.2 Å². The van der Waals surface area contributed by atoms with Crippen LogP contribution in [0.15, 0.2) is 0 Å². The maximum absolute atomic E-state index is 8.79. The second-order valence-corrected chi connectivity index (χ2v) is 4.23. The molecule has 3 nitrogen and oxygen atoms in total. The normalized spacial score (nSPS) is 25.6. The number of nitrogens with one attached hydrogen (secondary N) is 1. The first-order valence-electron chi connectivity index (χ1n) is 5.56. The van der Waals surface area contributed by atoms with Gasteiger partial charge in [-0.25, -0.2) is 0 Å². The standard InChI is InChI=1S/C11H21N3/c1-10(7-12)9-14-6-4-3-5-11(14)8-13-2/h10-11,13H,3-6,8-9H2,1-2H3. The van der Waals surface area contributed by atoms with Crippen molar-refractivity contribution >= 4 is 0 Å². The zero-order chi connectivity index (χ0) is 10.4. The van der Waals surface area contributed by atoms with E-state index in [0.29, 0.717) is 6.04 Å². The molecule has 1 N–H and O–H groups in total. The first-order chi connectivity index (χ1) is 6.77. The molecule has 14 heavy (non-hydrogen) atoms. The molecule has 0 bridgehead atoms. The van der Waals surface area contributed by atoms with Crippen molar-refractivity contribution in [3.05, 3.63) is 0 Å². The van der Waals surface area contributed by atoms with Crippen LogP contribution in [0.5, 0.6) is 0 Å². The van der Waals surface area contributed by atoms with Gasteiger partial charge in [-0.1, -0.05) is 6.42 Å². The molecule has 0 radical (unpaired) electrons. The molecule has 1 rings (SSSR count). The second kappa shape index (κ2) is 6.00. The summed E-state index contributed by atoms with van der Waals surface area (Å²) in [5.41, 5.74) is 0. The SMILES string of the molecule is CNCC1CCCCN1CC(C)C#N. The third-order valence-corrected chi connectivity index (χ3v) is 2.92. The van der Waals surface area contributed by atoms with E-state index in [2.05, 4.69) is 16.3 Å². The molecule has 1 saturated heterocycles. The average molecular weight is 195 g/mol. The molecule has 0 aromatic heterocycles. The zero-order valence-electron chi connectivity index (χ0n) is 9.29. The van der Waals surface area contributed by atoms with Crippen molar-refractivity contribution < 1.29 is 0 Å². The molecular formula is C11H21N3. The Hall–Kier alpha value is -0.590. The van der Waals surface area contributed by atoms with Crippen LogP contribution in [0.25, 0.3) is 0 Å². The van der Waals surface area contributed by atoms with Crippen molar-refractivity contribution in [2.45, 2.75) is 32.2 Å². The highest BCUT2D eigenvalue weighted by atomic mass is 15.2. The average Bonchev–Trinajstić information content (AvgIpc) is 2.21. The van der Waals surface area contributed by atoms with Crippen molar-refractivity contribution in [2.75, 3.05) is 26.7 Å². The molecular weight excluding hydrogens is 174 g/mol. The summed E-state index contributed by atoms with van der Waals surface area (Å²) in [5.74, 6) is 0.160. The van der Waals surface area contributed by atoms with Gasteiger partial charge in [0.15, 0.2) is 0 Å². The summed E-state index contributed by atoms with van der Waals surface area (Å²) in [4.78, 5) is 2.47. The lowest BCUT2D eigenvalue weighted by Crippen LogP contribution is -2.46. The summed E-state index contributed by atoms with van der Waals surface area (Å²) in [6.07, 6.45) is 3.90. The highest BCUT2D eigenvalue weighted by Gasteiger charge is 2.22. The monoisotopic (exact) mass is 195 g/mol. The number of piperidine rings is 1. The summed E-state index contributed by atoms with van der Waals surface area (Å²) in [7, 11) is 2.00. The molecule has 1 fully saturated rings. The molecule has 3 heteroatoms. The predicted molar refractivity (Wildman–Crippen MR) is 57.9 cm³/mol. The first-order valence-corrected chi connectivity index (χ1v) is 5.56. The van der Waals surface area contributed by atoms with Crippen molar-refractivity contribution in [2.24, 2.45) is 5.92 Å². The summed E-state index contributed by atoms with van der Waals surface area (Å²) >= 11 is 0. The molecule has 0 spiro atoms. The predicted octanol–water partition coefficient (Wildman–Crippen LogP) is 1.22. The quantitative estimate of drug-likeness (QED) is 0.733. The minimum Gasteiger partial charge on any atom is -0.318 e. The molecule has 0 saturated carbocycles. The van der Waals surface area contributed by atoms with Crippen LogP contribution in [0.2, 0.25) is 0 Å². The number of hydrogen-bond donors (Lipinski definition) is 1. The largest absolute Gasteiger partial charge is 0.318 e. The minimum atomic E-state index is 0.160. The lowest BCUT2D eigenvalue weighted by atomic mass is 10.0. The highest BCUT2D eigenvalue weighted by Crippen LogP contribution is 2.17. The molecule has 1 aliphatic heterocycles. The van der Waals surface area contributed by atoms with E-state index in [0.717, 1.165) is 13.1 Å². The minimum absolute atomic E-state index is 0.160. The number of likely N-dealkylation sites (N-methyl/N-ethyl adjacent to an activating group) is 1. The highest BCUT2D eigenvalue weighted by molar-refractivity contribution is 4.86.